The SMILES string of the molecule is CCOC(=O)c1c(Nc2ccccc2)sc(C(=O)Nc2cc(C)no2)c1N. The molecule has 4 N–H and O–H groups in total. The molecule has 0 aliphatic carbocycles. The lowest BCUT2D eigenvalue weighted by molar-refractivity contribution is 0.0529. The average Bonchev–Trinajstić information content (AvgIpc) is 3.19. The Morgan fingerprint density at radius 2 is 2.04 bits per heavy atom. The Labute approximate surface area is 159 Å². The monoisotopic (exact) mass is 386 g/mol. The Hall–Kier alpha value is -3.33. The maximum absolute atomic E-state index is 12.6. The number of carbonyl (C=O) groups excluding carboxylic acids is 2. The minimum atomic E-state index is -0.598. The van der Waals surface area contributed by atoms with Crippen molar-refractivity contribution in [1.82, 2.24) is 5.16 Å². The van der Waals surface area contributed by atoms with Gasteiger partial charge in [0.2, 0.25) is 5.88 Å². The molecule has 140 valence electrons. The van der Waals surface area contributed by atoms with Gasteiger partial charge in [0.15, 0.2) is 0 Å². The highest BCUT2D eigenvalue weighted by atomic mass is 32.1. The van der Waals surface area contributed by atoms with Gasteiger partial charge in [-0.1, -0.05) is 23.4 Å². The van der Waals surface area contributed by atoms with Gasteiger partial charge in [-0.2, -0.15) is 0 Å². The van der Waals surface area contributed by atoms with Crippen molar-refractivity contribution in [2.75, 3.05) is 23.0 Å². The topological polar surface area (TPSA) is 119 Å². The molecule has 0 atom stereocenters. The molecule has 0 saturated heterocycles. The fourth-order valence-corrected chi connectivity index (χ4v) is 3.37. The van der Waals surface area contributed by atoms with Crippen LogP contribution in [-0.2, 0) is 4.74 Å². The predicted octanol–water partition coefficient (Wildman–Crippen LogP) is 3.80. The second-order valence-corrected chi connectivity index (χ2v) is 6.57. The normalized spacial score (nSPS) is 10.4. The Morgan fingerprint density at radius 1 is 1.30 bits per heavy atom. The van der Waals surface area contributed by atoms with Gasteiger partial charge >= 0.3 is 5.97 Å². The van der Waals surface area contributed by atoms with Crippen LogP contribution in [0.25, 0.3) is 0 Å². The Balaban J connectivity index is 1.95. The van der Waals surface area contributed by atoms with E-state index in [1.165, 1.54) is 0 Å². The van der Waals surface area contributed by atoms with Crippen LogP contribution in [0.5, 0.6) is 0 Å². The zero-order valence-electron chi connectivity index (χ0n) is 14.7. The zero-order valence-corrected chi connectivity index (χ0v) is 15.6. The number of rotatable bonds is 6. The molecule has 0 unspecified atom stereocenters. The lowest BCUT2D eigenvalue weighted by Crippen LogP contribution is -2.13. The van der Waals surface area contributed by atoms with E-state index in [-0.39, 0.29) is 28.6 Å². The highest BCUT2D eigenvalue weighted by Gasteiger charge is 2.27. The van der Waals surface area contributed by atoms with Crippen LogP contribution in [-0.4, -0.2) is 23.6 Å². The Bertz CT molecular complexity index is 965. The molecule has 0 fully saturated rings. The minimum Gasteiger partial charge on any atom is -0.462 e. The summed E-state index contributed by atoms with van der Waals surface area (Å²) in [6, 6.07) is 10.8. The summed E-state index contributed by atoms with van der Waals surface area (Å²) in [4.78, 5) is 25.1. The van der Waals surface area contributed by atoms with E-state index in [1.807, 2.05) is 30.3 Å². The van der Waals surface area contributed by atoms with Crippen LogP contribution in [0.2, 0.25) is 0 Å². The third kappa shape index (κ3) is 4.09. The number of amides is 1. The molecule has 1 aromatic carbocycles. The molecule has 3 aromatic rings. The molecule has 1 amide bonds. The standard InChI is InChI=1S/C18H18N4O4S/c1-3-25-18(24)13-14(19)15(16(23)21-12-9-10(2)22-26-12)27-17(13)20-11-7-5-4-6-8-11/h4-9,20H,3,19H2,1-2H3,(H,21,23). The molecule has 0 radical (unpaired) electrons. The van der Waals surface area contributed by atoms with E-state index in [0.717, 1.165) is 17.0 Å². The number of nitrogens with two attached hydrogens (primary N) is 1. The number of carbonyl (C=O) groups is 2. The summed E-state index contributed by atoms with van der Waals surface area (Å²) in [7, 11) is 0. The highest BCUT2D eigenvalue weighted by Crippen LogP contribution is 2.38. The van der Waals surface area contributed by atoms with Gasteiger partial charge in [-0.15, -0.1) is 11.3 Å². The number of nitrogens with zero attached hydrogens (tertiary/aromatic N) is 1. The lowest BCUT2D eigenvalue weighted by Gasteiger charge is -2.07. The summed E-state index contributed by atoms with van der Waals surface area (Å²) in [5.74, 6) is -0.903. The van der Waals surface area contributed by atoms with Crippen molar-refractivity contribution in [2.45, 2.75) is 13.8 Å². The Kier molecular flexibility index (Phi) is 5.41. The molecule has 9 heteroatoms. The van der Waals surface area contributed by atoms with Gasteiger partial charge in [0.1, 0.15) is 15.4 Å². The molecule has 0 aliphatic heterocycles. The number of esters is 1. The first-order valence-corrected chi connectivity index (χ1v) is 8.97. The largest absolute Gasteiger partial charge is 0.462 e. The van der Waals surface area contributed by atoms with Crippen molar-refractivity contribution in [3.63, 3.8) is 0 Å². The summed E-state index contributed by atoms with van der Waals surface area (Å²) in [5.41, 5.74) is 7.67. The number of aryl methyl sites for hydroxylation is 1. The van der Waals surface area contributed by atoms with Crippen molar-refractivity contribution >= 4 is 45.5 Å². The third-order valence-electron chi connectivity index (χ3n) is 3.53. The molecular weight excluding hydrogens is 368 g/mol. The van der Waals surface area contributed by atoms with E-state index >= 15 is 0 Å². The number of aromatic nitrogens is 1. The molecule has 27 heavy (non-hydrogen) atoms. The number of para-hydroxylation sites is 1. The molecule has 0 bridgehead atoms. The van der Waals surface area contributed by atoms with Crippen LogP contribution in [0.1, 0.15) is 32.6 Å². The summed E-state index contributed by atoms with van der Waals surface area (Å²) in [5, 5.41) is 9.84. The van der Waals surface area contributed by atoms with Crippen molar-refractivity contribution in [2.24, 2.45) is 0 Å². The third-order valence-corrected chi connectivity index (χ3v) is 4.65. The molecule has 2 aromatic heterocycles. The first-order chi connectivity index (χ1) is 13.0. The van der Waals surface area contributed by atoms with Gasteiger partial charge in [-0.05, 0) is 26.0 Å². The number of anilines is 4. The van der Waals surface area contributed by atoms with Gasteiger partial charge in [0, 0.05) is 11.8 Å². The quantitative estimate of drug-likeness (QED) is 0.551. The highest BCUT2D eigenvalue weighted by molar-refractivity contribution is 7.19. The number of nitrogen functional groups attached to an aromatic ring is 1. The number of benzene rings is 1. The van der Waals surface area contributed by atoms with Crippen molar-refractivity contribution in [3.8, 4) is 0 Å². The number of ether oxygens (including phenoxy) is 1. The van der Waals surface area contributed by atoms with Crippen molar-refractivity contribution < 1.29 is 18.8 Å². The summed E-state index contributed by atoms with van der Waals surface area (Å²) in [6.07, 6.45) is 0. The minimum absolute atomic E-state index is 0.0469. The summed E-state index contributed by atoms with van der Waals surface area (Å²) < 4.78 is 10.1. The molecule has 3 rings (SSSR count). The maximum atomic E-state index is 12.6. The van der Waals surface area contributed by atoms with Crippen molar-refractivity contribution in [1.29, 1.82) is 0 Å². The van der Waals surface area contributed by atoms with Gasteiger partial charge in [-0.25, -0.2) is 4.79 Å². The van der Waals surface area contributed by atoms with E-state index in [9.17, 15) is 9.59 Å². The van der Waals surface area contributed by atoms with Gasteiger partial charge in [0.05, 0.1) is 18.0 Å². The first kappa shape index (κ1) is 18.5. The molecule has 2 heterocycles. The summed E-state index contributed by atoms with van der Waals surface area (Å²) in [6.45, 7) is 3.63. The van der Waals surface area contributed by atoms with Crippen LogP contribution >= 0.6 is 11.3 Å². The first-order valence-electron chi connectivity index (χ1n) is 8.15. The number of hydrogen-bond acceptors (Lipinski definition) is 8. The zero-order chi connectivity index (χ0) is 19.4. The molecule has 0 spiro atoms. The fourth-order valence-electron chi connectivity index (χ4n) is 2.35. The molecule has 8 nitrogen and oxygen atoms in total. The van der Waals surface area contributed by atoms with Gasteiger partial charge in [-0.3, -0.25) is 10.1 Å². The number of hydrogen-bond donors (Lipinski definition) is 3. The van der Waals surface area contributed by atoms with E-state index < -0.39 is 11.9 Å². The van der Waals surface area contributed by atoms with E-state index in [1.54, 1.807) is 19.9 Å². The molecule has 0 aliphatic rings. The molecular formula is C18H18N4O4S. The fraction of sp³-hybridized carbons (Fsp3) is 0.167. The second kappa shape index (κ2) is 7.92. The van der Waals surface area contributed by atoms with E-state index in [4.69, 9.17) is 15.0 Å². The van der Waals surface area contributed by atoms with Crippen molar-refractivity contribution in [3.05, 3.63) is 52.5 Å². The smallest absolute Gasteiger partial charge is 0.343 e. The maximum Gasteiger partial charge on any atom is 0.343 e. The van der Waals surface area contributed by atoms with Crippen LogP contribution in [0, 0.1) is 6.92 Å². The Morgan fingerprint density at radius 3 is 2.67 bits per heavy atom. The van der Waals surface area contributed by atoms with Gasteiger partial charge in [0.25, 0.3) is 5.91 Å². The predicted molar refractivity (Wildman–Crippen MR) is 104 cm³/mol. The second-order valence-electron chi connectivity index (χ2n) is 5.55. The van der Waals surface area contributed by atoms with E-state index in [2.05, 4.69) is 15.8 Å². The number of nitrogens with one attached hydrogen (secondary N) is 2. The van der Waals surface area contributed by atoms with Crippen LogP contribution in [0.15, 0.2) is 40.9 Å². The van der Waals surface area contributed by atoms with Crippen LogP contribution in [0.4, 0.5) is 22.3 Å². The summed E-state index contributed by atoms with van der Waals surface area (Å²) >= 11 is 1.06. The van der Waals surface area contributed by atoms with E-state index in [0.29, 0.717) is 10.7 Å². The average molecular weight is 386 g/mol. The van der Waals surface area contributed by atoms with Crippen LogP contribution in [0.3, 0.4) is 0 Å². The lowest BCUT2D eigenvalue weighted by atomic mass is 10.2. The molecule has 0 saturated carbocycles. The van der Waals surface area contributed by atoms with Gasteiger partial charge < -0.3 is 20.3 Å². The number of thiophene rings is 1. The van der Waals surface area contributed by atoms with Crippen LogP contribution < -0.4 is 16.4 Å².